The number of aliphatic hydroxyl groups is 1. The van der Waals surface area contributed by atoms with Crippen LogP contribution in [0.2, 0.25) is 5.02 Å². The van der Waals surface area contributed by atoms with Crippen molar-refractivity contribution in [1.29, 1.82) is 0 Å². The summed E-state index contributed by atoms with van der Waals surface area (Å²) in [4.78, 5) is 1.01. The lowest BCUT2D eigenvalue weighted by Gasteiger charge is -2.12. The van der Waals surface area contributed by atoms with Crippen molar-refractivity contribution in [2.45, 2.75) is 12.5 Å². The summed E-state index contributed by atoms with van der Waals surface area (Å²) in [7, 11) is 0. The van der Waals surface area contributed by atoms with Crippen LogP contribution in [0.25, 0.3) is 0 Å². The molecular formula is C12H10ClFOS. The van der Waals surface area contributed by atoms with Gasteiger partial charge in [-0.2, -0.15) is 0 Å². The zero-order chi connectivity index (χ0) is 11.5. The smallest absolute Gasteiger partial charge is 0.130 e. The highest BCUT2D eigenvalue weighted by molar-refractivity contribution is 7.09. The highest BCUT2D eigenvalue weighted by Gasteiger charge is 2.17. The average molecular weight is 257 g/mol. The van der Waals surface area contributed by atoms with E-state index in [0.717, 1.165) is 4.88 Å². The van der Waals surface area contributed by atoms with Gasteiger partial charge in [-0.05, 0) is 23.6 Å². The van der Waals surface area contributed by atoms with E-state index in [1.807, 2.05) is 17.5 Å². The van der Waals surface area contributed by atoms with Crippen LogP contribution < -0.4 is 0 Å². The first-order valence-corrected chi connectivity index (χ1v) is 6.08. The molecule has 1 aromatic carbocycles. The summed E-state index contributed by atoms with van der Waals surface area (Å²) >= 11 is 7.40. The second kappa shape index (κ2) is 4.95. The molecule has 1 aromatic heterocycles. The molecule has 0 bridgehead atoms. The second-order valence-corrected chi connectivity index (χ2v) is 4.87. The molecule has 0 amide bonds. The van der Waals surface area contributed by atoms with Crippen molar-refractivity contribution in [3.8, 4) is 0 Å². The number of hydrogen-bond donors (Lipinski definition) is 1. The number of halogens is 2. The Labute approximate surface area is 102 Å². The maximum absolute atomic E-state index is 13.5. The molecule has 4 heteroatoms. The SMILES string of the molecule is OC(Cc1cccs1)c1c(F)cccc1Cl. The molecule has 0 aliphatic carbocycles. The van der Waals surface area contributed by atoms with Gasteiger partial charge in [0.15, 0.2) is 0 Å². The second-order valence-electron chi connectivity index (χ2n) is 3.43. The van der Waals surface area contributed by atoms with Crippen molar-refractivity contribution in [2.75, 3.05) is 0 Å². The molecule has 2 rings (SSSR count). The fourth-order valence-corrected chi connectivity index (χ4v) is 2.58. The molecular weight excluding hydrogens is 247 g/mol. The van der Waals surface area contributed by atoms with E-state index in [1.165, 1.54) is 23.5 Å². The number of benzene rings is 1. The fourth-order valence-electron chi connectivity index (χ4n) is 1.55. The van der Waals surface area contributed by atoms with Crippen molar-refractivity contribution in [2.24, 2.45) is 0 Å². The Hall–Kier alpha value is -0.900. The van der Waals surface area contributed by atoms with Crippen LogP contribution in [-0.4, -0.2) is 5.11 Å². The van der Waals surface area contributed by atoms with Crippen LogP contribution in [0, 0.1) is 5.82 Å². The Morgan fingerprint density at radius 2 is 2.12 bits per heavy atom. The van der Waals surface area contributed by atoms with Gasteiger partial charge in [0.2, 0.25) is 0 Å². The van der Waals surface area contributed by atoms with E-state index in [2.05, 4.69) is 0 Å². The molecule has 84 valence electrons. The Balaban J connectivity index is 2.24. The van der Waals surface area contributed by atoms with Crippen LogP contribution in [-0.2, 0) is 6.42 Å². The van der Waals surface area contributed by atoms with Gasteiger partial charge in [0.05, 0.1) is 6.10 Å². The summed E-state index contributed by atoms with van der Waals surface area (Å²) in [6, 6.07) is 8.22. The van der Waals surface area contributed by atoms with Crippen LogP contribution in [0.3, 0.4) is 0 Å². The largest absolute Gasteiger partial charge is 0.388 e. The monoisotopic (exact) mass is 256 g/mol. The van der Waals surface area contributed by atoms with Crippen LogP contribution in [0.5, 0.6) is 0 Å². The van der Waals surface area contributed by atoms with E-state index in [9.17, 15) is 9.50 Å². The topological polar surface area (TPSA) is 20.2 Å². The lowest BCUT2D eigenvalue weighted by molar-refractivity contribution is 0.174. The maximum atomic E-state index is 13.5. The summed E-state index contributed by atoms with van der Waals surface area (Å²) in [5.41, 5.74) is 0.178. The Bertz CT molecular complexity index is 450. The van der Waals surface area contributed by atoms with Crippen LogP contribution in [0.4, 0.5) is 4.39 Å². The summed E-state index contributed by atoms with van der Waals surface area (Å²) in [6.07, 6.45) is -0.509. The van der Waals surface area contributed by atoms with Crippen molar-refractivity contribution in [3.63, 3.8) is 0 Å². The van der Waals surface area contributed by atoms with Crippen LogP contribution >= 0.6 is 22.9 Å². The molecule has 0 radical (unpaired) electrons. The lowest BCUT2D eigenvalue weighted by atomic mass is 10.1. The number of thiophene rings is 1. The minimum absolute atomic E-state index is 0.178. The molecule has 1 nitrogen and oxygen atoms in total. The van der Waals surface area contributed by atoms with Gasteiger partial charge in [-0.15, -0.1) is 11.3 Å². The quantitative estimate of drug-likeness (QED) is 0.885. The van der Waals surface area contributed by atoms with Crippen LogP contribution in [0.1, 0.15) is 16.5 Å². The van der Waals surface area contributed by atoms with Gasteiger partial charge in [0.25, 0.3) is 0 Å². The van der Waals surface area contributed by atoms with E-state index in [4.69, 9.17) is 11.6 Å². The van der Waals surface area contributed by atoms with Gasteiger partial charge in [0, 0.05) is 21.9 Å². The number of aliphatic hydroxyl groups excluding tert-OH is 1. The first kappa shape index (κ1) is 11.6. The van der Waals surface area contributed by atoms with E-state index in [1.54, 1.807) is 6.07 Å². The zero-order valence-electron chi connectivity index (χ0n) is 8.36. The summed E-state index contributed by atoms with van der Waals surface area (Å²) in [6.45, 7) is 0. The van der Waals surface area contributed by atoms with E-state index in [0.29, 0.717) is 6.42 Å². The lowest BCUT2D eigenvalue weighted by Crippen LogP contribution is -2.04. The van der Waals surface area contributed by atoms with E-state index < -0.39 is 11.9 Å². The molecule has 1 unspecified atom stereocenters. The van der Waals surface area contributed by atoms with Gasteiger partial charge in [-0.3, -0.25) is 0 Å². The van der Waals surface area contributed by atoms with Crippen molar-refractivity contribution < 1.29 is 9.50 Å². The van der Waals surface area contributed by atoms with E-state index in [-0.39, 0.29) is 10.6 Å². The minimum atomic E-state index is -0.896. The molecule has 2 aromatic rings. The number of rotatable bonds is 3. The normalized spacial score (nSPS) is 12.7. The molecule has 0 spiro atoms. The summed E-state index contributed by atoms with van der Waals surface area (Å²) in [5.74, 6) is -0.462. The third-order valence-electron chi connectivity index (χ3n) is 2.31. The Kier molecular flexibility index (Phi) is 3.59. The highest BCUT2D eigenvalue weighted by Crippen LogP contribution is 2.29. The summed E-state index contributed by atoms with van der Waals surface area (Å²) in [5, 5.41) is 12.1. The molecule has 1 N–H and O–H groups in total. The zero-order valence-corrected chi connectivity index (χ0v) is 9.93. The first-order chi connectivity index (χ1) is 7.68. The Morgan fingerprint density at radius 3 is 2.75 bits per heavy atom. The van der Waals surface area contributed by atoms with Gasteiger partial charge in [-0.25, -0.2) is 4.39 Å². The fraction of sp³-hybridized carbons (Fsp3) is 0.167. The Morgan fingerprint density at radius 1 is 1.31 bits per heavy atom. The highest BCUT2D eigenvalue weighted by atomic mass is 35.5. The predicted octanol–water partition coefficient (Wildman–Crippen LogP) is 3.82. The summed E-state index contributed by atoms with van der Waals surface area (Å²) < 4.78 is 13.5. The minimum Gasteiger partial charge on any atom is -0.388 e. The third-order valence-corrected chi connectivity index (χ3v) is 3.54. The molecule has 0 aliphatic heterocycles. The maximum Gasteiger partial charge on any atom is 0.130 e. The van der Waals surface area contributed by atoms with Crippen LogP contribution in [0.15, 0.2) is 35.7 Å². The molecule has 0 fully saturated rings. The molecule has 16 heavy (non-hydrogen) atoms. The van der Waals surface area contributed by atoms with Crippen molar-refractivity contribution >= 4 is 22.9 Å². The van der Waals surface area contributed by atoms with Gasteiger partial charge < -0.3 is 5.11 Å². The molecule has 0 aliphatic rings. The number of hydrogen-bond acceptors (Lipinski definition) is 2. The van der Waals surface area contributed by atoms with Crippen molar-refractivity contribution in [1.82, 2.24) is 0 Å². The van der Waals surface area contributed by atoms with Gasteiger partial charge in [-0.1, -0.05) is 23.7 Å². The standard InChI is InChI=1S/C12H10ClFOS/c13-9-4-1-5-10(14)12(9)11(15)7-8-3-2-6-16-8/h1-6,11,15H,7H2. The van der Waals surface area contributed by atoms with E-state index >= 15 is 0 Å². The molecule has 1 atom stereocenters. The first-order valence-electron chi connectivity index (χ1n) is 4.83. The van der Waals surface area contributed by atoms with Crippen molar-refractivity contribution in [3.05, 3.63) is 57.0 Å². The van der Waals surface area contributed by atoms with Gasteiger partial charge >= 0.3 is 0 Å². The average Bonchev–Trinajstić information content (AvgIpc) is 2.70. The molecule has 1 heterocycles. The predicted molar refractivity (Wildman–Crippen MR) is 64.4 cm³/mol. The van der Waals surface area contributed by atoms with Gasteiger partial charge in [0.1, 0.15) is 5.82 Å². The third kappa shape index (κ3) is 2.43. The molecule has 0 saturated heterocycles. The molecule has 0 saturated carbocycles.